The summed E-state index contributed by atoms with van der Waals surface area (Å²) in [5, 5.41) is 0. The topological polar surface area (TPSA) is 26.3 Å². The maximum Gasteiger partial charge on any atom is 0.343 e. The fraction of sp³-hybridized carbons (Fsp3) is 0.0625. The molecule has 0 atom stereocenters. The minimum absolute atomic E-state index is 0.334. The lowest BCUT2D eigenvalue weighted by Crippen LogP contribution is -2.10. The zero-order chi connectivity index (χ0) is 13.7. The van der Waals surface area contributed by atoms with Crippen LogP contribution in [-0.4, -0.2) is 13.8 Å². The van der Waals surface area contributed by atoms with Gasteiger partial charge in [0.25, 0.3) is 0 Å². The van der Waals surface area contributed by atoms with Crippen LogP contribution in [0.5, 0.6) is 5.75 Å². The van der Waals surface area contributed by atoms with Crippen molar-refractivity contribution < 1.29 is 9.53 Å². The molecule has 19 heavy (non-hydrogen) atoms. The number of hydrogen-bond donors (Lipinski definition) is 0. The van der Waals surface area contributed by atoms with Gasteiger partial charge in [-0.25, -0.2) is 4.79 Å². The SMILES string of the molecule is Bc1ccc(C(=O)Oc2ccc(/C=C/C)cc2)cc1. The average molecular weight is 250 g/mol. The number of ether oxygens (including phenoxy) is 1. The van der Waals surface area contributed by atoms with E-state index in [1.54, 1.807) is 24.3 Å². The maximum absolute atomic E-state index is 11.9. The van der Waals surface area contributed by atoms with E-state index in [0.717, 1.165) is 11.0 Å². The summed E-state index contributed by atoms with van der Waals surface area (Å²) in [6.45, 7) is 1.96. The third kappa shape index (κ3) is 3.58. The maximum atomic E-state index is 11.9. The second kappa shape index (κ2) is 6.05. The van der Waals surface area contributed by atoms with E-state index in [1.807, 2.05) is 51.2 Å². The molecular weight excluding hydrogens is 235 g/mol. The molecule has 0 saturated carbocycles. The average Bonchev–Trinajstić information content (AvgIpc) is 2.42. The molecule has 0 aromatic heterocycles. The monoisotopic (exact) mass is 250 g/mol. The molecule has 94 valence electrons. The Bertz CT molecular complexity index is 583. The molecular formula is C16H15BO2. The summed E-state index contributed by atoms with van der Waals surface area (Å²) in [5.74, 6) is 0.220. The fourth-order valence-corrected chi connectivity index (χ4v) is 1.70. The molecule has 0 bridgehead atoms. The van der Waals surface area contributed by atoms with Gasteiger partial charge in [0.1, 0.15) is 13.6 Å². The van der Waals surface area contributed by atoms with Crippen LogP contribution in [0.3, 0.4) is 0 Å². The van der Waals surface area contributed by atoms with Gasteiger partial charge in [0.05, 0.1) is 5.56 Å². The number of carbonyl (C=O) groups is 1. The van der Waals surface area contributed by atoms with E-state index in [-0.39, 0.29) is 5.97 Å². The van der Waals surface area contributed by atoms with Crippen LogP contribution < -0.4 is 10.2 Å². The highest BCUT2D eigenvalue weighted by atomic mass is 16.5. The van der Waals surface area contributed by atoms with Crippen molar-refractivity contribution in [3.05, 3.63) is 65.7 Å². The van der Waals surface area contributed by atoms with Gasteiger partial charge in [-0.1, -0.05) is 41.9 Å². The molecule has 0 radical (unpaired) electrons. The van der Waals surface area contributed by atoms with E-state index in [0.29, 0.717) is 11.3 Å². The van der Waals surface area contributed by atoms with Crippen LogP contribution >= 0.6 is 0 Å². The van der Waals surface area contributed by atoms with Crippen molar-refractivity contribution in [1.82, 2.24) is 0 Å². The van der Waals surface area contributed by atoms with Gasteiger partial charge in [-0.15, -0.1) is 0 Å². The van der Waals surface area contributed by atoms with Crippen LogP contribution in [-0.2, 0) is 0 Å². The number of carbonyl (C=O) groups excluding carboxylic acids is 1. The molecule has 0 aliphatic heterocycles. The zero-order valence-electron chi connectivity index (χ0n) is 11.1. The van der Waals surface area contributed by atoms with Crippen LogP contribution in [0.1, 0.15) is 22.8 Å². The van der Waals surface area contributed by atoms with Gasteiger partial charge >= 0.3 is 5.97 Å². The highest BCUT2D eigenvalue weighted by Gasteiger charge is 2.07. The van der Waals surface area contributed by atoms with E-state index in [1.165, 1.54) is 0 Å². The number of rotatable bonds is 3. The smallest absolute Gasteiger partial charge is 0.343 e. The van der Waals surface area contributed by atoms with Crippen LogP contribution in [0.4, 0.5) is 0 Å². The molecule has 3 heteroatoms. The number of hydrogen-bond acceptors (Lipinski definition) is 2. The Labute approximate surface area is 114 Å². The van der Waals surface area contributed by atoms with Gasteiger partial charge in [-0.05, 0) is 36.8 Å². The number of benzene rings is 2. The Morgan fingerprint density at radius 1 is 1.05 bits per heavy atom. The lowest BCUT2D eigenvalue weighted by atomic mass is 9.95. The molecule has 0 heterocycles. The van der Waals surface area contributed by atoms with E-state index in [2.05, 4.69) is 0 Å². The third-order valence-corrected chi connectivity index (χ3v) is 2.74. The Hall–Kier alpha value is -2.29. The minimum Gasteiger partial charge on any atom is -0.423 e. The van der Waals surface area contributed by atoms with E-state index in [9.17, 15) is 4.79 Å². The molecule has 0 spiro atoms. The summed E-state index contributed by atoms with van der Waals surface area (Å²) in [5.41, 5.74) is 2.76. The quantitative estimate of drug-likeness (QED) is 0.474. The first-order chi connectivity index (χ1) is 9.19. The molecule has 2 nitrogen and oxygen atoms in total. The molecule has 2 aromatic carbocycles. The predicted molar refractivity (Wildman–Crippen MR) is 80.7 cm³/mol. The molecule has 0 aliphatic carbocycles. The van der Waals surface area contributed by atoms with Gasteiger partial charge in [0, 0.05) is 0 Å². The molecule has 2 aromatic rings. The Morgan fingerprint density at radius 2 is 1.68 bits per heavy atom. The van der Waals surface area contributed by atoms with Crippen molar-refractivity contribution in [3.63, 3.8) is 0 Å². The molecule has 0 saturated heterocycles. The normalized spacial score (nSPS) is 10.6. The number of allylic oxidation sites excluding steroid dienone is 1. The lowest BCUT2D eigenvalue weighted by molar-refractivity contribution is 0.0735. The van der Waals surface area contributed by atoms with E-state index < -0.39 is 0 Å². The van der Waals surface area contributed by atoms with Gasteiger partial charge in [-0.3, -0.25) is 0 Å². The van der Waals surface area contributed by atoms with Gasteiger partial charge in [0.15, 0.2) is 0 Å². The molecule has 0 unspecified atom stereocenters. The fourth-order valence-electron chi connectivity index (χ4n) is 1.70. The molecule has 0 aliphatic rings. The second-order valence-corrected chi connectivity index (χ2v) is 4.32. The summed E-state index contributed by atoms with van der Waals surface area (Å²) >= 11 is 0. The van der Waals surface area contributed by atoms with Crippen molar-refractivity contribution in [2.45, 2.75) is 6.92 Å². The van der Waals surface area contributed by atoms with Crippen LogP contribution in [0.15, 0.2) is 54.6 Å². The highest BCUT2D eigenvalue weighted by Crippen LogP contribution is 2.15. The number of esters is 1. The summed E-state index contributed by atoms with van der Waals surface area (Å²) < 4.78 is 5.31. The Balaban J connectivity index is 2.08. The first-order valence-corrected chi connectivity index (χ1v) is 6.20. The van der Waals surface area contributed by atoms with Gasteiger partial charge in [-0.2, -0.15) is 0 Å². The van der Waals surface area contributed by atoms with Crippen molar-refractivity contribution in [2.24, 2.45) is 0 Å². The van der Waals surface area contributed by atoms with Crippen molar-refractivity contribution in [2.75, 3.05) is 0 Å². The third-order valence-electron chi connectivity index (χ3n) is 2.74. The zero-order valence-corrected chi connectivity index (χ0v) is 11.1. The first kappa shape index (κ1) is 13.2. The first-order valence-electron chi connectivity index (χ1n) is 6.20. The molecule has 0 amide bonds. The lowest BCUT2D eigenvalue weighted by Gasteiger charge is -2.05. The molecule has 0 fully saturated rings. The highest BCUT2D eigenvalue weighted by molar-refractivity contribution is 6.32. The van der Waals surface area contributed by atoms with Crippen molar-refractivity contribution >= 4 is 25.4 Å². The predicted octanol–water partition coefficient (Wildman–Crippen LogP) is 2.20. The van der Waals surface area contributed by atoms with E-state index in [4.69, 9.17) is 4.74 Å². The molecule has 2 rings (SSSR count). The van der Waals surface area contributed by atoms with Crippen LogP contribution in [0, 0.1) is 0 Å². The summed E-state index contributed by atoms with van der Waals surface area (Å²) in [6.07, 6.45) is 3.96. The van der Waals surface area contributed by atoms with Gasteiger partial charge in [0.2, 0.25) is 0 Å². The summed E-state index contributed by atoms with van der Waals surface area (Å²) in [6, 6.07) is 14.7. The largest absolute Gasteiger partial charge is 0.423 e. The second-order valence-electron chi connectivity index (χ2n) is 4.32. The van der Waals surface area contributed by atoms with Crippen LogP contribution in [0.2, 0.25) is 0 Å². The summed E-state index contributed by atoms with van der Waals surface area (Å²) in [4.78, 5) is 11.9. The standard InChI is InChI=1S/C16H15BO2/c1-2-3-12-4-10-15(11-5-12)19-16(18)13-6-8-14(17)9-7-13/h2-11H,17H2,1H3/b3-2+. The summed E-state index contributed by atoms with van der Waals surface area (Å²) in [7, 11) is 1.98. The Kier molecular flexibility index (Phi) is 4.19. The van der Waals surface area contributed by atoms with Gasteiger partial charge < -0.3 is 4.74 Å². The molecule has 0 N–H and O–H groups in total. The van der Waals surface area contributed by atoms with Crippen LogP contribution in [0.25, 0.3) is 6.08 Å². The van der Waals surface area contributed by atoms with Crippen molar-refractivity contribution in [1.29, 1.82) is 0 Å². The van der Waals surface area contributed by atoms with E-state index >= 15 is 0 Å². The Morgan fingerprint density at radius 3 is 2.26 bits per heavy atom. The minimum atomic E-state index is -0.334. The van der Waals surface area contributed by atoms with Crippen molar-refractivity contribution in [3.8, 4) is 5.75 Å².